The molecule has 4 rings (SSSR count). The van der Waals surface area contributed by atoms with Crippen molar-refractivity contribution in [2.45, 2.75) is 37.7 Å². The van der Waals surface area contributed by atoms with Gasteiger partial charge in [0.25, 0.3) is 0 Å². The highest BCUT2D eigenvalue weighted by atomic mass is 79.9. The van der Waals surface area contributed by atoms with Crippen LogP contribution in [-0.2, 0) is 15.3 Å². The molecule has 0 spiro atoms. The minimum atomic E-state index is -0.413. The summed E-state index contributed by atoms with van der Waals surface area (Å²) in [6.45, 7) is 6.07. The number of carbonyl (C=O) groups excluding carboxylic acids is 1. The fraction of sp³-hybridized carbons (Fsp3) is 0.261. The Kier molecular flexibility index (Phi) is 6.48. The minimum Gasteiger partial charge on any atom is -0.463 e. The molecule has 0 fully saturated rings. The number of ether oxygens (including phenoxy) is 1. The highest BCUT2D eigenvalue weighted by Gasteiger charge is 2.35. The first-order valence-electron chi connectivity index (χ1n) is 10.0. The lowest BCUT2D eigenvalue weighted by molar-refractivity contribution is -0.139. The molecular formula is C23H23BrN4O2S. The normalized spacial score (nSPS) is 15.4. The number of hydrogen-bond donors (Lipinski definition) is 1. The molecule has 0 saturated heterocycles. The number of hydrogen-bond acceptors (Lipinski definition) is 6. The summed E-state index contributed by atoms with van der Waals surface area (Å²) in [5.41, 5.74) is 4.65. The molecule has 6 nitrogen and oxygen atoms in total. The molecule has 31 heavy (non-hydrogen) atoms. The van der Waals surface area contributed by atoms with Crippen LogP contribution in [0.25, 0.3) is 0 Å². The van der Waals surface area contributed by atoms with Crippen molar-refractivity contribution in [3.05, 3.63) is 81.0 Å². The van der Waals surface area contributed by atoms with Crippen molar-refractivity contribution >= 4 is 39.6 Å². The van der Waals surface area contributed by atoms with Gasteiger partial charge in [0.2, 0.25) is 11.1 Å². The van der Waals surface area contributed by atoms with Gasteiger partial charge in [-0.15, -0.1) is 5.10 Å². The van der Waals surface area contributed by atoms with Crippen molar-refractivity contribution in [3.63, 3.8) is 0 Å². The highest BCUT2D eigenvalue weighted by Crippen LogP contribution is 2.37. The maximum atomic E-state index is 12.8. The molecule has 0 bridgehead atoms. The predicted octanol–water partition coefficient (Wildman–Crippen LogP) is 5.49. The molecule has 2 heterocycles. The summed E-state index contributed by atoms with van der Waals surface area (Å²) in [5.74, 6) is 1.03. The first-order valence-corrected chi connectivity index (χ1v) is 11.8. The molecule has 1 aromatic heterocycles. The molecule has 8 heteroatoms. The Balaban J connectivity index is 1.68. The third-order valence-corrected chi connectivity index (χ3v) is 6.40. The number of rotatable bonds is 6. The number of nitrogens with zero attached hydrogens (tertiary/aromatic N) is 3. The molecule has 0 saturated carbocycles. The van der Waals surface area contributed by atoms with Crippen LogP contribution in [0.2, 0.25) is 0 Å². The number of aromatic nitrogens is 3. The van der Waals surface area contributed by atoms with Crippen LogP contribution in [0.5, 0.6) is 0 Å². The lowest BCUT2D eigenvalue weighted by Gasteiger charge is -2.28. The van der Waals surface area contributed by atoms with Crippen molar-refractivity contribution in [2.75, 3.05) is 11.9 Å². The van der Waals surface area contributed by atoms with Gasteiger partial charge in [-0.25, -0.2) is 9.48 Å². The molecule has 1 unspecified atom stereocenters. The second-order valence-electron chi connectivity index (χ2n) is 7.28. The second kappa shape index (κ2) is 9.28. The number of nitrogens with one attached hydrogen (secondary N) is 1. The molecule has 1 N–H and O–H groups in total. The molecule has 3 aromatic rings. The van der Waals surface area contributed by atoms with E-state index in [-0.39, 0.29) is 5.97 Å². The lowest BCUT2D eigenvalue weighted by Crippen LogP contribution is -2.29. The summed E-state index contributed by atoms with van der Waals surface area (Å²) in [6.07, 6.45) is 0. The number of esters is 1. The van der Waals surface area contributed by atoms with E-state index in [1.165, 1.54) is 11.1 Å². The van der Waals surface area contributed by atoms with Crippen LogP contribution in [-0.4, -0.2) is 27.3 Å². The Hall–Kier alpha value is -2.58. The summed E-state index contributed by atoms with van der Waals surface area (Å²) < 4.78 is 8.10. The number of aryl methyl sites for hydroxylation is 1. The van der Waals surface area contributed by atoms with Gasteiger partial charge in [0, 0.05) is 15.9 Å². The zero-order valence-corrected chi connectivity index (χ0v) is 20.0. The van der Waals surface area contributed by atoms with Crippen LogP contribution in [0.1, 0.15) is 36.6 Å². The summed E-state index contributed by atoms with van der Waals surface area (Å²) >= 11 is 5.05. The summed E-state index contributed by atoms with van der Waals surface area (Å²) in [6, 6.07) is 15.9. The Labute approximate surface area is 194 Å². The fourth-order valence-electron chi connectivity index (χ4n) is 3.57. The lowest BCUT2D eigenvalue weighted by atomic mass is 9.96. The number of carbonyl (C=O) groups is 1. The van der Waals surface area contributed by atoms with Gasteiger partial charge in [0.05, 0.1) is 12.2 Å². The van der Waals surface area contributed by atoms with E-state index in [1.807, 2.05) is 31.2 Å². The Morgan fingerprint density at radius 2 is 2.00 bits per heavy atom. The van der Waals surface area contributed by atoms with E-state index in [0.29, 0.717) is 23.3 Å². The van der Waals surface area contributed by atoms with E-state index in [1.54, 1.807) is 23.4 Å². The van der Waals surface area contributed by atoms with Gasteiger partial charge in [-0.2, -0.15) is 4.98 Å². The molecule has 160 valence electrons. The van der Waals surface area contributed by atoms with Crippen LogP contribution in [0.15, 0.2) is 69.4 Å². The molecule has 1 aliphatic heterocycles. The zero-order chi connectivity index (χ0) is 22.0. The van der Waals surface area contributed by atoms with E-state index < -0.39 is 6.04 Å². The van der Waals surface area contributed by atoms with Crippen LogP contribution >= 0.6 is 27.7 Å². The topological polar surface area (TPSA) is 69.0 Å². The van der Waals surface area contributed by atoms with Gasteiger partial charge in [-0.1, -0.05) is 69.7 Å². The van der Waals surface area contributed by atoms with Gasteiger partial charge < -0.3 is 10.1 Å². The first kappa shape index (κ1) is 21.6. The van der Waals surface area contributed by atoms with Gasteiger partial charge in [-0.3, -0.25) is 0 Å². The zero-order valence-electron chi connectivity index (χ0n) is 17.6. The molecule has 0 aliphatic carbocycles. The van der Waals surface area contributed by atoms with Crippen molar-refractivity contribution in [2.24, 2.45) is 0 Å². The maximum Gasteiger partial charge on any atom is 0.338 e. The van der Waals surface area contributed by atoms with Crippen LogP contribution < -0.4 is 5.32 Å². The highest BCUT2D eigenvalue weighted by molar-refractivity contribution is 9.10. The van der Waals surface area contributed by atoms with E-state index in [2.05, 4.69) is 57.4 Å². The summed E-state index contributed by atoms with van der Waals surface area (Å²) in [4.78, 5) is 17.5. The minimum absolute atomic E-state index is 0.310. The first-order chi connectivity index (χ1) is 15.0. The maximum absolute atomic E-state index is 12.8. The average Bonchev–Trinajstić information content (AvgIpc) is 3.14. The average molecular weight is 499 g/mol. The number of allylic oxidation sites excluding steroid dienone is 1. The number of anilines is 1. The number of halogens is 1. The monoisotopic (exact) mass is 498 g/mol. The summed E-state index contributed by atoms with van der Waals surface area (Å²) in [7, 11) is 0. The van der Waals surface area contributed by atoms with Crippen LogP contribution in [0.4, 0.5) is 5.95 Å². The summed E-state index contributed by atoms with van der Waals surface area (Å²) in [5, 5.41) is 8.64. The Morgan fingerprint density at radius 3 is 2.71 bits per heavy atom. The largest absolute Gasteiger partial charge is 0.463 e. The van der Waals surface area contributed by atoms with Crippen molar-refractivity contribution in [1.29, 1.82) is 0 Å². The van der Waals surface area contributed by atoms with E-state index >= 15 is 0 Å². The molecule has 2 aromatic carbocycles. The third kappa shape index (κ3) is 4.70. The second-order valence-corrected chi connectivity index (χ2v) is 9.14. The van der Waals surface area contributed by atoms with Crippen molar-refractivity contribution in [3.8, 4) is 0 Å². The Bertz CT molecular complexity index is 1140. The molecule has 0 radical (unpaired) electrons. The smallest absolute Gasteiger partial charge is 0.338 e. The van der Waals surface area contributed by atoms with E-state index in [9.17, 15) is 4.79 Å². The van der Waals surface area contributed by atoms with Crippen molar-refractivity contribution in [1.82, 2.24) is 14.8 Å². The molecule has 0 amide bonds. The fourth-order valence-corrected chi connectivity index (χ4v) is 4.61. The third-order valence-electron chi connectivity index (χ3n) is 4.96. The van der Waals surface area contributed by atoms with Crippen LogP contribution in [0.3, 0.4) is 0 Å². The van der Waals surface area contributed by atoms with Crippen LogP contribution in [0, 0.1) is 6.92 Å². The SMILES string of the molecule is CCOC(=O)C1=C(C)Nc2nc(SCc3cccc(C)c3)nn2C1c1ccc(Br)cc1. The number of benzene rings is 2. The molecule has 1 aliphatic rings. The van der Waals surface area contributed by atoms with Gasteiger partial charge in [0.1, 0.15) is 6.04 Å². The predicted molar refractivity (Wildman–Crippen MR) is 126 cm³/mol. The standard InChI is InChI=1S/C23H23BrN4O2S/c1-4-30-21(29)19-15(3)25-22-26-23(31-13-16-7-5-6-14(2)12-16)27-28(22)20(19)17-8-10-18(24)11-9-17/h5-12,20H,4,13H2,1-3H3,(H,25,26,27). The van der Waals surface area contributed by atoms with E-state index in [0.717, 1.165) is 21.5 Å². The van der Waals surface area contributed by atoms with E-state index in [4.69, 9.17) is 9.84 Å². The quantitative estimate of drug-likeness (QED) is 0.357. The van der Waals surface area contributed by atoms with Gasteiger partial charge >= 0.3 is 5.97 Å². The van der Waals surface area contributed by atoms with Gasteiger partial charge in [0.15, 0.2) is 0 Å². The molecular weight excluding hydrogens is 476 g/mol. The van der Waals surface area contributed by atoms with Crippen molar-refractivity contribution < 1.29 is 9.53 Å². The Morgan fingerprint density at radius 1 is 1.23 bits per heavy atom. The van der Waals surface area contributed by atoms with Gasteiger partial charge in [-0.05, 0) is 44.0 Å². The number of thioether (sulfide) groups is 1. The number of fused-ring (bicyclic) bond motifs is 1. The molecule has 1 atom stereocenters.